The van der Waals surface area contributed by atoms with E-state index in [0.717, 1.165) is 33.2 Å². The lowest BCUT2D eigenvalue weighted by molar-refractivity contribution is -0.119. The summed E-state index contributed by atoms with van der Waals surface area (Å²) in [4.78, 5) is 12.9. The number of halogens is 1. The van der Waals surface area contributed by atoms with Gasteiger partial charge in [-0.1, -0.05) is 47.5 Å². The zero-order valence-corrected chi connectivity index (χ0v) is 22.7. The van der Waals surface area contributed by atoms with E-state index in [-0.39, 0.29) is 23.5 Å². The Balaban J connectivity index is 1.68. The molecule has 0 spiro atoms. The van der Waals surface area contributed by atoms with Gasteiger partial charge >= 0.3 is 0 Å². The molecule has 6 nitrogen and oxygen atoms in total. The van der Waals surface area contributed by atoms with E-state index in [0.29, 0.717) is 23.7 Å². The van der Waals surface area contributed by atoms with Crippen LogP contribution in [0.1, 0.15) is 37.0 Å². The molecule has 192 valence electrons. The van der Waals surface area contributed by atoms with Crippen molar-refractivity contribution in [1.29, 1.82) is 0 Å². The first-order valence-corrected chi connectivity index (χ1v) is 13.8. The molecule has 0 saturated heterocycles. The van der Waals surface area contributed by atoms with Gasteiger partial charge < -0.3 is 10.1 Å². The average molecular weight is 529 g/mol. The first-order chi connectivity index (χ1) is 17.1. The molecular weight excluding hydrogens is 496 g/mol. The number of ether oxygens (including phenoxy) is 1. The molecule has 0 aromatic heterocycles. The van der Waals surface area contributed by atoms with Gasteiger partial charge in [-0.2, -0.15) is 0 Å². The molecule has 0 aliphatic rings. The van der Waals surface area contributed by atoms with E-state index >= 15 is 0 Å². The van der Waals surface area contributed by atoms with E-state index in [1.54, 1.807) is 42.5 Å². The number of nitrogens with zero attached hydrogens (tertiary/aromatic N) is 1. The van der Waals surface area contributed by atoms with Crippen molar-refractivity contribution in [3.63, 3.8) is 0 Å². The molecule has 0 radical (unpaired) electrons. The maximum Gasteiger partial charge on any atom is 0.264 e. The molecule has 3 aromatic carbocycles. The molecule has 1 N–H and O–H groups in total. The summed E-state index contributed by atoms with van der Waals surface area (Å²) >= 11 is 6.28. The summed E-state index contributed by atoms with van der Waals surface area (Å²) in [5, 5.41) is 3.28. The predicted molar refractivity (Wildman–Crippen MR) is 145 cm³/mol. The number of carbonyl (C=O) groups is 1. The minimum absolute atomic E-state index is 0.0992. The monoisotopic (exact) mass is 528 g/mol. The highest BCUT2D eigenvalue weighted by molar-refractivity contribution is 7.92. The second kappa shape index (κ2) is 12.3. The van der Waals surface area contributed by atoms with Crippen molar-refractivity contribution >= 4 is 33.2 Å². The summed E-state index contributed by atoms with van der Waals surface area (Å²) in [6.07, 6.45) is 1.56. The van der Waals surface area contributed by atoms with Crippen LogP contribution in [0.4, 0.5) is 5.69 Å². The van der Waals surface area contributed by atoms with Gasteiger partial charge in [-0.3, -0.25) is 9.10 Å². The van der Waals surface area contributed by atoms with E-state index < -0.39 is 10.0 Å². The Hall–Kier alpha value is -3.03. The van der Waals surface area contributed by atoms with E-state index in [4.69, 9.17) is 16.3 Å². The molecule has 0 unspecified atom stereocenters. The Morgan fingerprint density at radius 2 is 1.75 bits per heavy atom. The van der Waals surface area contributed by atoms with E-state index in [9.17, 15) is 13.2 Å². The van der Waals surface area contributed by atoms with Crippen molar-refractivity contribution in [1.82, 2.24) is 5.32 Å². The molecule has 3 rings (SSSR count). The van der Waals surface area contributed by atoms with Gasteiger partial charge in [0.1, 0.15) is 12.3 Å². The fourth-order valence-corrected chi connectivity index (χ4v) is 5.23. The summed E-state index contributed by atoms with van der Waals surface area (Å²) in [6.45, 7) is 7.75. The van der Waals surface area contributed by atoms with Gasteiger partial charge in [-0.15, -0.1) is 0 Å². The number of aryl methyl sites for hydroxylation is 3. The van der Waals surface area contributed by atoms with Gasteiger partial charge in [-0.25, -0.2) is 8.42 Å². The summed E-state index contributed by atoms with van der Waals surface area (Å²) in [5.41, 5.74) is 3.21. The average Bonchev–Trinajstić information content (AvgIpc) is 2.82. The Labute approximate surface area is 219 Å². The largest absolute Gasteiger partial charge is 0.491 e. The molecule has 36 heavy (non-hydrogen) atoms. The number of anilines is 1. The molecule has 0 saturated carbocycles. The Kier molecular flexibility index (Phi) is 9.40. The van der Waals surface area contributed by atoms with Crippen LogP contribution >= 0.6 is 11.6 Å². The van der Waals surface area contributed by atoms with Crippen molar-refractivity contribution in [3.8, 4) is 5.75 Å². The van der Waals surface area contributed by atoms with Crippen molar-refractivity contribution in [2.75, 3.05) is 17.4 Å². The van der Waals surface area contributed by atoms with E-state index in [2.05, 4.69) is 5.32 Å². The predicted octanol–water partition coefficient (Wildman–Crippen LogP) is 5.69. The smallest absolute Gasteiger partial charge is 0.264 e. The van der Waals surface area contributed by atoms with Gasteiger partial charge in [0.15, 0.2) is 0 Å². The van der Waals surface area contributed by atoms with Crippen molar-refractivity contribution in [3.05, 3.63) is 88.4 Å². The number of hydrogen-bond donors (Lipinski definition) is 1. The SMILES string of the molecule is Cc1ccc(S(=O)(=O)N(CC(=O)NCCCc2cccc(OC(C)C)c2)c2ccc(C)c(Cl)c2)cc1. The van der Waals surface area contributed by atoms with Gasteiger partial charge in [0.25, 0.3) is 10.0 Å². The normalized spacial score (nSPS) is 11.4. The van der Waals surface area contributed by atoms with Gasteiger partial charge in [-0.05, 0) is 88.1 Å². The second-order valence-corrected chi connectivity index (χ2v) is 11.3. The van der Waals surface area contributed by atoms with Crippen molar-refractivity contribution in [2.45, 2.75) is 51.5 Å². The lowest BCUT2D eigenvalue weighted by atomic mass is 10.1. The molecule has 0 aliphatic heterocycles. The maximum atomic E-state index is 13.5. The first-order valence-electron chi connectivity index (χ1n) is 11.9. The van der Waals surface area contributed by atoms with Crippen LogP contribution in [0, 0.1) is 13.8 Å². The molecule has 0 bridgehead atoms. The number of hydrogen-bond acceptors (Lipinski definition) is 4. The number of benzene rings is 3. The number of carbonyl (C=O) groups excluding carboxylic acids is 1. The van der Waals surface area contributed by atoms with E-state index in [1.165, 1.54) is 0 Å². The number of amides is 1. The Bertz CT molecular complexity index is 1290. The Morgan fingerprint density at radius 3 is 2.42 bits per heavy atom. The fourth-order valence-electron chi connectivity index (χ4n) is 3.64. The summed E-state index contributed by atoms with van der Waals surface area (Å²) < 4.78 is 33.8. The second-order valence-electron chi connectivity index (χ2n) is 9.03. The zero-order chi connectivity index (χ0) is 26.3. The lowest BCUT2D eigenvalue weighted by Crippen LogP contribution is -2.41. The van der Waals surface area contributed by atoms with Gasteiger partial charge in [0, 0.05) is 11.6 Å². The maximum absolute atomic E-state index is 13.5. The van der Waals surface area contributed by atoms with Gasteiger partial charge in [0.05, 0.1) is 16.7 Å². The van der Waals surface area contributed by atoms with Crippen LogP contribution in [-0.4, -0.2) is 33.5 Å². The molecule has 8 heteroatoms. The minimum atomic E-state index is -3.98. The van der Waals surface area contributed by atoms with Gasteiger partial charge in [0.2, 0.25) is 5.91 Å². The molecular formula is C28H33ClN2O4S. The number of sulfonamides is 1. The molecule has 0 atom stereocenters. The molecule has 0 fully saturated rings. The number of rotatable bonds is 11. The summed E-state index contributed by atoms with van der Waals surface area (Å²) in [7, 11) is -3.98. The van der Waals surface area contributed by atoms with Crippen molar-refractivity contribution < 1.29 is 17.9 Å². The van der Waals surface area contributed by atoms with Crippen LogP contribution < -0.4 is 14.4 Å². The molecule has 0 aliphatic carbocycles. The van der Waals surface area contributed by atoms with Crippen molar-refractivity contribution in [2.24, 2.45) is 0 Å². The molecule has 0 heterocycles. The summed E-state index contributed by atoms with van der Waals surface area (Å²) in [6, 6.07) is 19.4. The van der Waals surface area contributed by atoms with Crippen LogP contribution in [0.2, 0.25) is 5.02 Å². The third-order valence-corrected chi connectivity index (χ3v) is 7.77. The zero-order valence-electron chi connectivity index (χ0n) is 21.1. The van der Waals surface area contributed by atoms with Crippen LogP contribution in [0.5, 0.6) is 5.75 Å². The van der Waals surface area contributed by atoms with Crippen LogP contribution in [0.15, 0.2) is 71.6 Å². The standard InChI is InChI=1S/C28H33ClN2O4S/c1-20(2)35-25-9-5-7-23(17-25)8-6-16-30-28(32)19-31(24-13-12-22(4)27(29)18-24)36(33,34)26-14-10-21(3)11-15-26/h5,7,9-15,17-18,20H,6,8,16,19H2,1-4H3,(H,30,32). The van der Waals surface area contributed by atoms with Crippen LogP contribution in [0.3, 0.4) is 0 Å². The molecule has 3 aromatic rings. The third-order valence-electron chi connectivity index (χ3n) is 5.57. The lowest BCUT2D eigenvalue weighted by Gasteiger charge is -2.24. The topological polar surface area (TPSA) is 75.7 Å². The van der Waals surface area contributed by atoms with Crippen LogP contribution in [-0.2, 0) is 21.2 Å². The first kappa shape index (κ1) is 27.6. The summed E-state index contributed by atoms with van der Waals surface area (Å²) in [5.74, 6) is 0.430. The minimum Gasteiger partial charge on any atom is -0.491 e. The highest BCUT2D eigenvalue weighted by Gasteiger charge is 2.27. The quantitative estimate of drug-likeness (QED) is 0.324. The molecule has 1 amide bonds. The van der Waals surface area contributed by atoms with Crippen LogP contribution in [0.25, 0.3) is 0 Å². The Morgan fingerprint density at radius 1 is 1.03 bits per heavy atom. The highest BCUT2D eigenvalue weighted by atomic mass is 35.5. The third kappa shape index (κ3) is 7.48. The number of nitrogens with one attached hydrogen (secondary N) is 1. The highest BCUT2D eigenvalue weighted by Crippen LogP contribution is 2.28. The fraction of sp³-hybridized carbons (Fsp3) is 0.321. The van der Waals surface area contributed by atoms with E-state index in [1.807, 2.05) is 52.0 Å².